The Bertz CT molecular complexity index is 499. The summed E-state index contributed by atoms with van der Waals surface area (Å²) in [5.74, 6) is 0. The molecule has 0 bridgehead atoms. The van der Waals surface area contributed by atoms with Crippen molar-refractivity contribution in [2.24, 2.45) is 0 Å². The van der Waals surface area contributed by atoms with E-state index >= 15 is 0 Å². The van der Waals surface area contributed by atoms with Gasteiger partial charge in [0.1, 0.15) is 0 Å². The Kier molecular flexibility index (Phi) is 4.72. The number of aromatic nitrogens is 2. The molecule has 20 heavy (non-hydrogen) atoms. The lowest BCUT2D eigenvalue weighted by Crippen LogP contribution is -2.39. The van der Waals surface area contributed by atoms with E-state index in [2.05, 4.69) is 4.98 Å². The second-order valence-corrected chi connectivity index (χ2v) is 7.37. The standard InChI is InChI=1S/C12H16Cl3N3O2/c1-2-3-9-10-8(4-5-18(9)11(19)20)17(7-16-10)6-12(13,14)15/h7,9H,2-6H2,1H3,(H,19,20). The third-order valence-electron chi connectivity index (χ3n) is 3.42. The van der Waals surface area contributed by atoms with Gasteiger partial charge in [0.05, 0.1) is 24.6 Å². The first-order chi connectivity index (χ1) is 9.33. The van der Waals surface area contributed by atoms with E-state index in [0.717, 1.165) is 24.2 Å². The maximum atomic E-state index is 11.3. The number of halogens is 3. The first-order valence-corrected chi connectivity index (χ1v) is 7.57. The summed E-state index contributed by atoms with van der Waals surface area (Å²) in [6, 6.07) is -0.210. The predicted octanol–water partition coefficient (Wildman–Crippen LogP) is 3.63. The van der Waals surface area contributed by atoms with E-state index in [-0.39, 0.29) is 12.6 Å². The number of nitrogens with zero attached hydrogens (tertiary/aromatic N) is 3. The highest BCUT2D eigenvalue weighted by Gasteiger charge is 2.34. The number of hydrogen-bond acceptors (Lipinski definition) is 2. The molecule has 1 atom stereocenters. The second-order valence-electron chi connectivity index (χ2n) is 4.85. The molecule has 0 saturated carbocycles. The molecule has 0 fully saturated rings. The zero-order valence-electron chi connectivity index (χ0n) is 11.0. The number of carbonyl (C=O) groups is 1. The van der Waals surface area contributed by atoms with Crippen LogP contribution in [0.15, 0.2) is 6.33 Å². The van der Waals surface area contributed by atoms with Crippen LogP contribution in [0.5, 0.6) is 0 Å². The van der Waals surface area contributed by atoms with Crippen LogP contribution in [-0.4, -0.2) is 36.0 Å². The molecule has 1 amide bonds. The van der Waals surface area contributed by atoms with Crippen LogP contribution in [0.4, 0.5) is 4.79 Å². The van der Waals surface area contributed by atoms with E-state index in [1.54, 1.807) is 6.33 Å². The predicted molar refractivity (Wildman–Crippen MR) is 78.6 cm³/mol. The zero-order valence-corrected chi connectivity index (χ0v) is 13.3. The summed E-state index contributed by atoms with van der Waals surface area (Å²) < 4.78 is 0.419. The molecule has 1 aliphatic rings. The molecule has 1 aliphatic heterocycles. The van der Waals surface area contributed by atoms with Crippen molar-refractivity contribution in [1.29, 1.82) is 0 Å². The fraction of sp³-hybridized carbons (Fsp3) is 0.667. The van der Waals surface area contributed by atoms with Gasteiger partial charge in [0.25, 0.3) is 0 Å². The lowest BCUT2D eigenvalue weighted by molar-refractivity contribution is 0.115. The van der Waals surface area contributed by atoms with Crippen molar-refractivity contribution < 1.29 is 9.90 Å². The monoisotopic (exact) mass is 339 g/mol. The number of fused-ring (bicyclic) bond motifs is 1. The molecule has 1 aromatic rings. The Morgan fingerprint density at radius 1 is 1.55 bits per heavy atom. The molecule has 0 aliphatic carbocycles. The molecular formula is C12H16Cl3N3O2. The third kappa shape index (κ3) is 3.32. The molecule has 0 spiro atoms. The largest absolute Gasteiger partial charge is 0.465 e. The SMILES string of the molecule is CCCC1c2ncn(CC(Cl)(Cl)Cl)c2CCN1C(=O)O. The van der Waals surface area contributed by atoms with E-state index in [1.165, 1.54) is 4.90 Å². The second kappa shape index (κ2) is 6.00. The summed E-state index contributed by atoms with van der Waals surface area (Å²) in [6.07, 6.45) is 2.92. The number of hydrogen-bond donors (Lipinski definition) is 1. The van der Waals surface area contributed by atoms with Crippen molar-refractivity contribution in [3.05, 3.63) is 17.7 Å². The number of carboxylic acid groups (broad SMARTS) is 1. The van der Waals surface area contributed by atoms with E-state index in [9.17, 15) is 9.90 Å². The summed E-state index contributed by atoms with van der Waals surface area (Å²) in [6.45, 7) is 2.68. The highest BCUT2D eigenvalue weighted by Crippen LogP contribution is 2.34. The molecule has 112 valence electrons. The van der Waals surface area contributed by atoms with Crippen molar-refractivity contribution in [2.45, 2.75) is 42.6 Å². The zero-order chi connectivity index (χ0) is 14.9. The Morgan fingerprint density at radius 2 is 2.25 bits per heavy atom. The van der Waals surface area contributed by atoms with Gasteiger partial charge in [-0.1, -0.05) is 48.1 Å². The summed E-state index contributed by atoms with van der Waals surface area (Å²) >= 11 is 17.5. The van der Waals surface area contributed by atoms with Crippen LogP contribution in [0, 0.1) is 0 Å². The first-order valence-electron chi connectivity index (χ1n) is 6.43. The normalized spacial score (nSPS) is 19.0. The molecule has 0 saturated heterocycles. The van der Waals surface area contributed by atoms with Gasteiger partial charge in [-0.25, -0.2) is 9.78 Å². The fourth-order valence-corrected chi connectivity index (χ4v) is 3.01. The summed E-state index contributed by atoms with van der Waals surface area (Å²) in [4.78, 5) is 17.1. The van der Waals surface area contributed by atoms with Crippen LogP contribution in [-0.2, 0) is 13.0 Å². The number of alkyl halides is 3. The summed E-state index contributed by atoms with van der Waals surface area (Å²) in [5.41, 5.74) is 1.75. The average molecular weight is 341 g/mol. The Balaban J connectivity index is 2.32. The van der Waals surface area contributed by atoms with E-state index < -0.39 is 9.89 Å². The summed E-state index contributed by atoms with van der Waals surface area (Å²) in [5, 5.41) is 9.28. The molecule has 2 heterocycles. The maximum Gasteiger partial charge on any atom is 0.407 e. The van der Waals surface area contributed by atoms with Crippen molar-refractivity contribution in [1.82, 2.24) is 14.5 Å². The smallest absolute Gasteiger partial charge is 0.407 e. The molecule has 0 aromatic carbocycles. The number of imidazole rings is 1. The van der Waals surface area contributed by atoms with Gasteiger partial charge in [-0.15, -0.1) is 0 Å². The molecule has 1 unspecified atom stereocenters. The molecule has 0 radical (unpaired) electrons. The third-order valence-corrected chi connectivity index (χ3v) is 3.78. The van der Waals surface area contributed by atoms with Crippen LogP contribution in [0.2, 0.25) is 0 Å². The molecule has 1 N–H and O–H groups in total. The van der Waals surface area contributed by atoms with Crippen molar-refractivity contribution in [3.63, 3.8) is 0 Å². The molecule has 5 nitrogen and oxygen atoms in total. The van der Waals surface area contributed by atoms with Crippen LogP contribution in [0.25, 0.3) is 0 Å². The highest BCUT2D eigenvalue weighted by molar-refractivity contribution is 6.67. The van der Waals surface area contributed by atoms with Gasteiger partial charge in [0, 0.05) is 18.7 Å². The minimum absolute atomic E-state index is 0.210. The summed E-state index contributed by atoms with van der Waals surface area (Å²) in [7, 11) is 0. The van der Waals surface area contributed by atoms with Crippen LogP contribution in [0.3, 0.4) is 0 Å². The molecule has 8 heteroatoms. The van der Waals surface area contributed by atoms with Gasteiger partial charge in [-0.05, 0) is 6.42 Å². The molecule has 2 rings (SSSR count). The molecule has 1 aromatic heterocycles. The lowest BCUT2D eigenvalue weighted by Gasteiger charge is -2.33. The van der Waals surface area contributed by atoms with Gasteiger partial charge in [0.2, 0.25) is 3.79 Å². The maximum absolute atomic E-state index is 11.3. The van der Waals surface area contributed by atoms with Crippen molar-refractivity contribution in [2.75, 3.05) is 6.54 Å². The van der Waals surface area contributed by atoms with Gasteiger partial charge in [0.15, 0.2) is 0 Å². The van der Waals surface area contributed by atoms with Crippen molar-refractivity contribution in [3.8, 4) is 0 Å². The first kappa shape index (κ1) is 15.7. The highest BCUT2D eigenvalue weighted by atomic mass is 35.6. The average Bonchev–Trinajstić information content (AvgIpc) is 2.71. The van der Waals surface area contributed by atoms with Crippen LogP contribution < -0.4 is 0 Å². The van der Waals surface area contributed by atoms with E-state index in [0.29, 0.717) is 13.0 Å². The van der Waals surface area contributed by atoms with Crippen LogP contribution in [0.1, 0.15) is 37.2 Å². The Labute approximate surface area is 132 Å². The quantitative estimate of drug-likeness (QED) is 0.855. The van der Waals surface area contributed by atoms with Crippen LogP contribution >= 0.6 is 34.8 Å². The van der Waals surface area contributed by atoms with Gasteiger partial charge in [-0.3, -0.25) is 4.90 Å². The van der Waals surface area contributed by atoms with Gasteiger partial charge >= 0.3 is 6.09 Å². The van der Waals surface area contributed by atoms with E-state index in [4.69, 9.17) is 34.8 Å². The number of amides is 1. The minimum Gasteiger partial charge on any atom is -0.465 e. The van der Waals surface area contributed by atoms with Gasteiger partial charge in [-0.2, -0.15) is 0 Å². The number of rotatable bonds is 3. The Morgan fingerprint density at radius 3 is 2.80 bits per heavy atom. The Hall–Kier alpha value is -0.650. The van der Waals surface area contributed by atoms with Gasteiger partial charge < -0.3 is 9.67 Å². The minimum atomic E-state index is -1.39. The van der Waals surface area contributed by atoms with E-state index in [1.807, 2.05) is 11.5 Å². The van der Waals surface area contributed by atoms with Crippen molar-refractivity contribution >= 4 is 40.9 Å². The molecular weight excluding hydrogens is 325 g/mol. The topological polar surface area (TPSA) is 58.4 Å². The fourth-order valence-electron chi connectivity index (χ4n) is 2.63. The lowest BCUT2D eigenvalue weighted by atomic mass is 9.99.